The van der Waals surface area contributed by atoms with Gasteiger partial charge in [0, 0.05) is 25.3 Å². The molecule has 1 unspecified atom stereocenters. The molecule has 1 atom stereocenters. The molecule has 1 aliphatic carbocycles. The van der Waals surface area contributed by atoms with Crippen LogP contribution in [-0.2, 0) is 22.9 Å². The predicted molar refractivity (Wildman–Crippen MR) is 113 cm³/mol. The van der Waals surface area contributed by atoms with Crippen LogP contribution >= 0.6 is 24.0 Å². The maximum atomic E-state index is 11.5. The summed E-state index contributed by atoms with van der Waals surface area (Å²) in [6, 6.07) is 6.29. The molecule has 0 bridgehead atoms. The number of hydrogen-bond acceptors (Lipinski definition) is 3. The van der Waals surface area contributed by atoms with Crippen molar-refractivity contribution in [1.29, 1.82) is 0 Å². The van der Waals surface area contributed by atoms with Crippen LogP contribution in [-0.4, -0.2) is 44.6 Å². The fraction of sp³-hybridized carbons (Fsp3) is 0.588. The third-order valence-corrected chi connectivity index (χ3v) is 6.17. The van der Waals surface area contributed by atoms with Gasteiger partial charge in [0.05, 0.1) is 6.26 Å². The summed E-state index contributed by atoms with van der Waals surface area (Å²) in [5.41, 5.74) is 9.85. The summed E-state index contributed by atoms with van der Waals surface area (Å²) < 4.78 is 24.6. The summed E-state index contributed by atoms with van der Waals surface area (Å²) in [5, 5.41) is 3.23. The first-order valence-corrected chi connectivity index (χ1v) is 10.4. The zero-order chi connectivity index (χ0) is 17.2. The van der Waals surface area contributed by atoms with Crippen LogP contribution in [0.3, 0.4) is 0 Å². The summed E-state index contributed by atoms with van der Waals surface area (Å²) in [6.45, 7) is 1.68. The van der Waals surface area contributed by atoms with Crippen LogP contribution in [0, 0.1) is 5.92 Å². The van der Waals surface area contributed by atoms with Crippen molar-refractivity contribution >= 4 is 45.6 Å². The normalized spacial score (nSPS) is 21.5. The molecule has 140 valence electrons. The molecule has 3 N–H and O–H groups in total. The number of aliphatic imine (C=N–C) groups is 1. The van der Waals surface area contributed by atoms with E-state index in [4.69, 9.17) is 5.73 Å². The number of nitrogens with one attached hydrogen (secondary N) is 1. The molecule has 0 aromatic heterocycles. The minimum absolute atomic E-state index is 0. The Balaban J connectivity index is 0.00000225. The zero-order valence-electron chi connectivity index (χ0n) is 14.6. The fourth-order valence-electron chi connectivity index (χ4n) is 3.55. The molecule has 0 saturated carbocycles. The quantitative estimate of drug-likeness (QED) is 0.395. The minimum atomic E-state index is -3.09. The number of benzene rings is 1. The number of aryl methyl sites for hydroxylation is 1. The van der Waals surface area contributed by atoms with Crippen LogP contribution in [0.1, 0.15) is 30.4 Å². The van der Waals surface area contributed by atoms with Gasteiger partial charge in [0.1, 0.15) is 0 Å². The van der Waals surface area contributed by atoms with E-state index < -0.39 is 10.0 Å². The van der Waals surface area contributed by atoms with Crippen molar-refractivity contribution < 1.29 is 8.42 Å². The Morgan fingerprint density at radius 2 is 2.12 bits per heavy atom. The molecule has 25 heavy (non-hydrogen) atoms. The van der Waals surface area contributed by atoms with Crippen LogP contribution < -0.4 is 11.1 Å². The van der Waals surface area contributed by atoms with Gasteiger partial charge in [-0.1, -0.05) is 12.1 Å². The van der Waals surface area contributed by atoms with Crippen molar-refractivity contribution in [2.75, 3.05) is 31.2 Å². The third-order valence-electron chi connectivity index (χ3n) is 4.90. The van der Waals surface area contributed by atoms with Crippen molar-refractivity contribution in [2.24, 2.45) is 16.6 Å². The predicted octanol–water partition coefficient (Wildman–Crippen LogP) is 2.19. The molecule has 0 spiro atoms. The Labute approximate surface area is 167 Å². The Morgan fingerprint density at radius 1 is 1.36 bits per heavy atom. The topological polar surface area (TPSA) is 87.8 Å². The van der Waals surface area contributed by atoms with Crippen LogP contribution in [0.25, 0.3) is 0 Å². The molecule has 1 saturated heterocycles. The van der Waals surface area contributed by atoms with E-state index in [0.717, 1.165) is 24.9 Å². The smallest absolute Gasteiger partial charge is 0.211 e. The summed E-state index contributed by atoms with van der Waals surface area (Å²) in [4.78, 5) is 4.43. The molecule has 8 heteroatoms. The van der Waals surface area contributed by atoms with Gasteiger partial charge < -0.3 is 11.1 Å². The lowest BCUT2D eigenvalue weighted by Crippen LogP contribution is -2.28. The van der Waals surface area contributed by atoms with E-state index in [1.165, 1.54) is 34.5 Å². The first-order chi connectivity index (χ1) is 11.4. The summed E-state index contributed by atoms with van der Waals surface area (Å²) in [6.07, 6.45) is 6.77. The lowest BCUT2D eigenvalue weighted by atomic mass is 9.90. The van der Waals surface area contributed by atoms with E-state index in [9.17, 15) is 8.42 Å². The van der Waals surface area contributed by atoms with Gasteiger partial charge in [-0.25, -0.2) is 12.7 Å². The number of hydrogen-bond donors (Lipinski definition) is 2. The monoisotopic (exact) mass is 478 g/mol. The molecule has 2 aliphatic rings. The summed E-state index contributed by atoms with van der Waals surface area (Å²) >= 11 is 0. The van der Waals surface area contributed by atoms with Crippen LogP contribution in [0.5, 0.6) is 0 Å². The second-order valence-electron chi connectivity index (χ2n) is 6.78. The minimum Gasteiger partial charge on any atom is -0.370 e. The van der Waals surface area contributed by atoms with Crippen LogP contribution in [0.4, 0.5) is 5.69 Å². The van der Waals surface area contributed by atoms with Gasteiger partial charge in [0.25, 0.3) is 0 Å². The van der Waals surface area contributed by atoms with Gasteiger partial charge in [-0.2, -0.15) is 0 Å². The molecule has 1 heterocycles. The zero-order valence-corrected chi connectivity index (χ0v) is 17.7. The van der Waals surface area contributed by atoms with E-state index in [0.29, 0.717) is 25.6 Å². The average molecular weight is 478 g/mol. The standard InChI is InChI=1S/C17H26N4O2S.HI/c1-24(22,23)21-10-9-13(12-21)11-19-17(18)20-16-8-4-6-14-5-2-3-7-15(14)16;/h4,6,8,13H,2-3,5,7,9-12H2,1H3,(H3,18,19,20);1H. The van der Waals surface area contributed by atoms with Crippen molar-refractivity contribution in [2.45, 2.75) is 32.1 Å². The number of sulfonamides is 1. The van der Waals surface area contributed by atoms with Gasteiger partial charge in [-0.3, -0.25) is 4.99 Å². The maximum absolute atomic E-state index is 11.5. The van der Waals surface area contributed by atoms with E-state index >= 15 is 0 Å². The van der Waals surface area contributed by atoms with Gasteiger partial charge in [0.2, 0.25) is 10.0 Å². The molecule has 0 radical (unpaired) electrons. The number of nitrogens with zero attached hydrogens (tertiary/aromatic N) is 2. The molecule has 1 fully saturated rings. The van der Waals surface area contributed by atoms with Crippen LogP contribution in [0.2, 0.25) is 0 Å². The Kier molecular flexibility index (Phi) is 7.10. The van der Waals surface area contributed by atoms with Crippen molar-refractivity contribution in [3.8, 4) is 0 Å². The van der Waals surface area contributed by atoms with E-state index in [1.807, 2.05) is 6.07 Å². The second kappa shape index (κ2) is 8.68. The molecule has 1 aliphatic heterocycles. The lowest BCUT2D eigenvalue weighted by molar-refractivity contribution is 0.464. The van der Waals surface area contributed by atoms with Gasteiger partial charge >= 0.3 is 0 Å². The van der Waals surface area contributed by atoms with E-state index in [-0.39, 0.29) is 29.9 Å². The number of rotatable bonds is 4. The van der Waals surface area contributed by atoms with Gasteiger partial charge in [0.15, 0.2) is 5.96 Å². The molecule has 1 aromatic rings. The largest absolute Gasteiger partial charge is 0.370 e. The first-order valence-electron chi connectivity index (χ1n) is 8.56. The summed E-state index contributed by atoms with van der Waals surface area (Å²) in [7, 11) is -3.09. The number of anilines is 1. The Hall–Kier alpha value is -0.870. The van der Waals surface area contributed by atoms with Crippen molar-refractivity contribution in [3.63, 3.8) is 0 Å². The van der Waals surface area contributed by atoms with Crippen molar-refractivity contribution in [1.82, 2.24) is 4.31 Å². The highest BCUT2D eigenvalue weighted by Gasteiger charge is 2.28. The highest BCUT2D eigenvalue weighted by molar-refractivity contribution is 14.0. The fourth-order valence-corrected chi connectivity index (χ4v) is 4.47. The first kappa shape index (κ1) is 20.4. The number of guanidine groups is 1. The van der Waals surface area contributed by atoms with E-state index in [2.05, 4.69) is 22.4 Å². The van der Waals surface area contributed by atoms with E-state index in [1.54, 1.807) is 0 Å². The molecular weight excluding hydrogens is 451 g/mol. The number of nitrogens with two attached hydrogens (primary N) is 1. The lowest BCUT2D eigenvalue weighted by Gasteiger charge is -2.20. The van der Waals surface area contributed by atoms with Gasteiger partial charge in [-0.15, -0.1) is 24.0 Å². The van der Waals surface area contributed by atoms with Gasteiger partial charge in [-0.05, 0) is 55.2 Å². The molecular formula is C17H27IN4O2S. The third kappa shape index (κ3) is 5.30. The molecule has 1 aromatic carbocycles. The molecule has 3 rings (SSSR count). The van der Waals surface area contributed by atoms with Crippen LogP contribution in [0.15, 0.2) is 23.2 Å². The highest BCUT2D eigenvalue weighted by atomic mass is 127. The Bertz CT molecular complexity index is 736. The highest BCUT2D eigenvalue weighted by Crippen LogP contribution is 2.27. The SMILES string of the molecule is CS(=O)(=O)N1CCC(CN=C(N)Nc2cccc3c2CCCC3)C1.I. The average Bonchev–Trinajstić information content (AvgIpc) is 3.03. The Morgan fingerprint density at radius 3 is 2.84 bits per heavy atom. The second-order valence-corrected chi connectivity index (χ2v) is 8.76. The number of halogens is 1. The number of fused-ring (bicyclic) bond motifs is 1. The summed E-state index contributed by atoms with van der Waals surface area (Å²) in [5.74, 6) is 0.650. The van der Waals surface area contributed by atoms with Crippen molar-refractivity contribution in [3.05, 3.63) is 29.3 Å². The molecule has 0 amide bonds. The molecule has 6 nitrogen and oxygen atoms in total. The maximum Gasteiger partial charge on any atom is 0.211 e.